The van der Waals surface area contributed by atoms with Crippen LogP contribution in [0.15, 0.2) is 30.3 Å². The van der Waals surface area contributed by atoms with Gasteiger partial charge in [-0.2, -0.15) is 0 Å². The van der Waals surface area contributed by atoms with Crippen molar-refractivity contribution in [2.24, 2.45) is 0 Å². The topological polar surface area (TPSA) is 17.1 Å². The lowest BCUT2D eigenvalue weighted by Crippen LogP contribution is -2.06. The summed E-state index contributed by atoms with van der Waals surface area (Å²) >= 11 is 11.6. The third kappa shape index (κ3) is 2.77. The molecule has 0 N–H and O–H groups in total. The van der Waals surface area contributed by atoms with E-state index in [2.05, 4.69) is 0 Å². The highest BCUT2D eigenvalue weighted by Crippen LogP contribution is 2.25. The first-order valence-corrected chi connectivity index (χ1v) is 6.11. The van der Waals surface area contributed by atoms with Gasteiger partial charge in [0.2, 0.25) is 0 Å². The largest absolute Gasteiger partial charge is 0.288 e. The molecular formula is C14H8Cl2F2O. The third-order valence-electron chi connectivity index (χ3n) is 2.67. The summed E-state index contributed by atoms with van der Waals surface area (Å²) in [7, 11) is 0. The molecular weight excluding hydrogens is 293 g/mol. The molecule has 2 rings (SSSR count). The molecule has 19 heavy (non-hydrogen) atoms. The fraction of sp³-hybridized carbons (Fsp3) is 0.0714. The molecule has 0 heterocycles. The van der Waals surface area contributed by atoms with Crippen LogP contribution >= 0.6 is 23.2 Å². The molecule has 0 aliphatic carbocycles. The Kier molecular flexibility index (Phi) is 3.88. The van der Waals surface area contributed by atoms with Crippen molar-refractivity contribution in [3.05, 3.63) is 68.7 Å². The number of aryl methyl sites for hydroxylation is 1. The Morgan fingerprint density at radius 2 is 1.68 bits per heavy atom. The Morgan fingerprint density at radius 1 is 1.00 bits per heavy atom. The van der Waals surface area contributed by atoms with Gasteiger partial charge in [0.15, 0.2) is 5.78 Å². The van der Waals surface area contributed by atoms with E-state index in [0.29, 0.717) is 5.02 Å². The van der Waals surface area contributed by atoms with Crippen LogP contribution in [0.5, 0.6) is 0 Å². The summed E-state index contributed by atoms with van der Waals surface area (Å²) in [5.41, 5.74) is -0.199. The van der Waals surface area contributed by atoms with Gasteiger partial charge in [-0.15, -0.1) is 0 Å². The summed E-state index contributed by atoms with van der Waals surface area (Å²) in [5.74, 6) is -2.15. The molecule has 0 saturated carbocycles. The molecule has 5 heteroatoms. The minimum absolute atomic E-state index is 0.0383. The maximum absolute atomic E-state index is 13.7. The van der Waals surface area contributed by atoms with Gasteiger partial charge in [0.05, 0.1) is 10.6 Å². The minimum Gasteiger partial charge on any atom is -0.288 e. The van der Waals surface area contributed by atoms with Gasteiger partial charge in [-0.1, -0.05) is 23.2 Å². The SMILES string of the molecule is Cc1cc(F)c(C(=O)c2cc(Cl)ccc2Cl)cc1F. The van der Waals surface area contributed by atoms with Gasteiger partial charge in [0, 0.05) is 10.6 Å². The molecule has 0 aliphatic rings. The Morgan fingerprint density at radius 3 is 2.37 bits per heavy atom. The zero-order valence-electron chi connectivity index (χ0n) is 9.81. The number of rotatable bonds is 2. The minimum atomic E-state index is -0.792. The number of carbonyl (C=O) groups excluding carboxylic acids is 1. The second-order valence-electron chi connectivity index (χ2n) is 4.03. The van der Waals surface area contributed by atoms with E-state index < -0.39 is 17.4 Å². The first kappa shape index (κ1) is 14.0. The molecule has 0 amide bonds. The van der Waals surface area contributed by atoms with Gasteiger partial charge in [-0.3, -0.25) is 4.79 Å². The lowest BCUT2D eigenvalue weighted by molar-refractivity contribution is 0.103. The van der Waals surface area contributed by atoms with E-state index in [1.165, 1.54) is 25.1 Å². The van der Waals surface area contributed by atoms with Gasteiger partial charge >= 0.3 is 0 Å². The number of ketones is 1. The van der Waals surface area contributed by atoms with E-state index in [-0.39, 0.29) is 21.7 Å². The van der Waals surface area contributed by atoms with Crippen molar-refractivity contribution in [1.82, 2.24) is 0 Å². The van der Waals surface area contributed by atoms with Crippen LogP contribution < -0.4 is 0 Å². The van der Waals surface area contributed by atoms with Crippen molar-refractivity contribution >= 4 is 29.0 Å². The summed E-state index contributed by atoms with van der Waals surface area (Å²) in [4.78, 5) is 12.2. The number of halogens is 4. The quantitative estimate of drug-likeness (QED) is 0.727. The maximum atomic E-state index is 13.7. The zero-order valence-corrected chi connectivity index (χ0v) is 11.3. The van der Waals surface area contributed by atoms with Crippen LogP contribution in [-0.4, -0.2) is 5.78 Å². The van der Waals surface area contributed by atoms with E-state index >= 15 is 0 Å². The summed E-state index contributed by atoms with van der Waals surface area (Å²) in [6, 6.07) is 6.10. The Hall–Kier alpha value is -1.45. The van der Waals surface area contributed by atoms with Crippen molar-refractivity contribution in [1.29, 1.82) is 0 Å². The van der Waals surface area contributed by atoms with Gasteiger partial charge in [-0.25, -0.2) is 8.78 Å². The fourth-order valence-electron chi connectivity index (χ4n) is 1.64. The molecule has 0 saturated heterocycles. The smallest absolute Gasteiger partial charge is 0.197 e. The highest BCUT2D eigenvalue weighted by molar-refractivity contribution is 6.36. The average molecular weight is 301 g/mol. The van der Waals surface area contributed by atoms with E-state index in [4.69, 9.17) is 23.2 Å². The number of hydrogen-bond acceptors (Lipinski definition) is 1. The zero-order chi connectivity index (χ0) is 14.2. The fourth-order valence-corrected chi connectivity index (χ4v) is 2.01. The van der Waals surface area contributed by atoms with E-state index in [9.17, 15) is 13.6 Å². The molecule has 2 aromatic carbocycles. The van der Waals surface area contributed by atoms with Crippen LogP contribution in [0.2, 0.25) is 10.0 Å². The summed E-state index contributed by atoms with van der Waals surface area (Å²) in [5, 5.41) is 0.426. The van der Waals surface area contributed by atoms with Crippen molar-refractivity contribution in [2.75, 3.05) is 0 Å². The Bertz CT molecular complexity index is 669. The molecule has 0 spiro atoms. The normalized spacial score (nSPS) is 10.6. The van der Waals surface area contributed by atoms with Crippen molar-refractivity contribution in [2.45, 2.75) is 6.92 Å². The van der Waals surface area contributed by atoms with Gasteiger partial charge in [-0.05, 0) is 42.8 Å². The monoisotopic (exact) mass is 300 g/mol. The van der Waals surface area contributed by atoms with E-state index in [1.807, 2.05) is 0 Å². The maximum Gasteiger partial charge on any atom is 0.197 e. The molecule has 2 aromatic rings. The molecule has 0 bridgehead atoms. The summed E-state index contributed by atoms with van der Waals surface area (Å²) in [6.45, 7) is 1.42. The molecule has 98 valence electrons. The highest BCUT2D eigenvalue weighted by Gasteiger charge is 2.19. The Balaban J connectivity index is 2.56. The number of carbonyl (C=O) groups is 1. The van der Waals surface area contributed by atoms with Crippen molar-refractivity contribution < 1.29 is 13.6 Å². The van der Waals surface area contributed by atoms with Crippen molar-refractivity contribution in [3.63, 3.8) is 0 Å². The molecule has 0 atom stereocenters. The lowest BCUT2D eigenvalue weighted by Gasteiger charge is -2.07. The lowest BCUT2D eigenvalue weighted by atomic mass is 10.0. The van der Waals surface area contributed by atoms with Crippen LogP contribution in [0.3, 0.4) is 0 Å². The first-order chi connectivity index (χ1) is 8.90. The van der Waals surface area contributed by atoms with Crippen LogP contribution in [0, 0.1) is 18.6 Å². The Labute approximate surface area is 118 Å². The average Bonchev–Trinajstić information content (AvgIpc) is 2.36. The summed E-state index contributed by atoms with van der Waals surface area (Å²) < 4.78 is 27.2. The van der Waals surface area contributed by atoms with Crippen LogP contribution in [0.4, 0.5) is 8.78 Å². The number of benzene rings is 2. The molecule has 0 radical (unpaired) electrons. The molecule has 0 aliphatic heterocycles. The van der Waals surface area contributed by atoms with Crippen LogP contribution in [0.25, 0.3) is 0 Å². The van der Waals surface area contributed by atoms with E-state index in [0.717, 1.165) is 12.1 Å². The second-order valence-corrected chi connectivity index (χ2v) is 4.88. The molecule has 0 fully saturated rings. The van der Waals surface area contributed by atoms with Crippen molar-refractivity contribution in [3.8, 4) is 0 Å². The molecule has 1 nitrogen and oxygen atoms in total. The van der Waals surface area contributed by atoms with Gasteiger partial charge < -0.3 is 0 Å². The standard InChI is InChI=1S/C14H8Cl2F2O/c1-7-4-13(18)10(6-12(7)17)14(19)9-5-8(15)2-3-11(9)16/h2-6H,1H3. The molecule has 0 aromatic heterocycles. The number of hydrogen-bond donors (Lipinski definition) is 0. The van der Waals surface area contributed by atoms with Crippen LogP contribution in [-0.2, 0) is 0 Å². The highest BCUT2D eigenvalue weighted by atomic mass is 35.5. The second kappa shape index (κ2) is 5.27. The van der Waals surface area contributed by atoms with E-state index in [1.54, 1.807) is 0 Å². The first-order valence-electron chi connectivity index (χ1n) is 5.35. The third-order valence-corrected chi connectivity index (χ3v) is 3.23. The summed E-state index contributed by atoms with van der Waals surface area (Å²) in [6.07, 6.45) is 0. The predicted octanol–water partition coefficient (Wildman–Crippen LogP) is 4.81. The van der Waals surface area contributed by atoms with Gasteiger partial charge in [0.1, 0.15) is 11.6 Å². The molecule has 0 unspecified atom stereocenters. The van der Waals surface area contributed by atoms with Gasteiger partial charge in [0.25, 0.3) is 0 Å². The van der Waals surface area contributed by atoms with Crippen LogP contribution in [0.1, 0.15) is 21.5 Å². The predicted molar refractivity (Wildman–Crippen MR) is 71.0 cm³/mol.